The van der Waals surface area contributed by atoms with Crippen LogP contribution in [0.1, 0.15) is 42.7 Å². The van der Waals surface area contributed by atoms with Gasteiger partial charge in [0.25, 0.3) is 0 Å². The molecule has 0 saturated heterocycles. The van der Waals surface area contributed by atoms with Crippen molar-refractivity contribution in [3.63, 3.8) is 0 Å². The fourth-order valence-corrected chi connectivity index (χ4v) is 1.94. The Labute approximate surface area is 102 Å². The molecule has 5 nitrogen and oxygen atoms in total. The van der Waals surface area contributed by atoms with E-state index < -0.39 is 5.97 Å². The van der Waals surface area contributed by atoms with Gasteiger partial charge < -0.3 is 5.11 Å². The zero-order valence-electron chi connectivity index (χ0n) is 10.8. The lowest BCUT2D eigenvalue weighted by Gasteiger charge is -2.21. The number of rotatable bonds is 7. The summed E-state index contributed by atoms with van der Waals surface area (Å²) in [5.74, 6) is -0.902. The first-order valence-electron chi connectivity index (χ1n) is 6.06. The molecule has 1 N–H and O–H groups in total. The Bertz CT molecular complexity index is 368. The summed E-state index contributed by atoms with van der Waals surface area (Å²) in [5.41, 5.74) is 1.09. The minimum atomic E-state index is -0.902. The van der Waals surface area contributed by atoms with E-state index in [1.54, 1.807) is 11.7 Å². The zero-order valence-corrected chi connectivity index (χ0v) is 10.8. The fourth-order valence-electron chi connectivity index (χ4n) is 1.94. The van der Waals surface area contributed by atoms with Crippen LogP contribution in [0.15, 0.2) is 6.20 Å². The lowest BCUT2D eigenvalue weighted by Crippen LogP contribution is -2.27. The van der Waals surface area contributed by atoms with Gasteiger partial charge in [-0.1, -0.05) is 13.8 Å². The number of carboxylic acid groups (broad SMARTS) is 1. The van der Waals surface area contributed by atoms with Gasteiger partial charge in [-0.05, 0) is 25.9 Å². The summed E-state index contributed by atoms with van der Waals surface area (Å²) >= 11 is 0. The molecule has 0 aliphatic carbocycles. The molecular weight excluding hydrogens is 218 g/mol. The maximum absolute atomic E-state index is 11.1. The van der Waals surface area contributed by atoms with E-state index in [-0.39, 0.29) is 0 Å². The van der Waals surface area contributed by atoms with Gasteiger partial charge in [-0.2, -0.15) is 5.10 Å². The molecule has 0 aliphatic heterocycles. The first-order chi connectivity index (χ1) is 8.10. The number of hydrogen-bond donors (Lipinski definition) is 1. The predicted molar refractivity (Wildman–Crippen MR) is 66.0 cm³/mol. The molecule has 1 aromatic heterocycles. The summed E-state index contributed by atoms with van der Waals surface area (Å²) < 4.78 is 1.65. The first kappa shape index (κ1) is 13.7. The van der Waals surface area contributed by atoms with Crippen molar-refractivity contribution in [3.8, 4) is 0 Å². The summed E-state index contributed by atoms with van der Waals surface area (Å²) in [6.45, 7) is 6.88. The van der Waals surface area contributed by atoms with Gasteiger partial charge in [0.2, 0.25) is 0 Å². The molecule has 0 radical (unpaired) electrons. The van der Waals surface area contributed by atoms with E-state index >= 15 is 0 Å². The maximum Gasteiger partial charge on any atom is 0.339 e. The minimum absolute atomic E-state index is 0.310. The van der Waals surface area contributed by atoms with Crippen LogP contribution in [0.25, 0.3) is 0 Å². The Morgan fingerprint density at radius 2 is 2.00 bits per heavy atom. The third-order valence-electron chi connectivity index (χ3n) is 2.75. The largest absolute Gasteiger partial charge is 0.478 e. The van der Waals surface area contributed by atoms with E-state index in [1.807, 2.05) is 0 Å². The van der Waals surface area contributed by atoms with Crippen molar-refractivity contribution in [2.24, 2.45) is 7.05 Å². The van der Waals surface area contributed by atoms with Gasteiger partial charge in [0, 0.05) is 13.6 Å². The Balaban J connectivity index is 2.83. The highest BCUT2D eigenvalue weighted by Crippen LogP contribution is 2.11. The molecule has 1 aromatic rings. The number of nitrogens with zero attached hydrogens (tertiary/aromatic N) is 3. The van der Waals surface area contributed by atoms with Crippen LogP contribution < -0.4 is 0 Å². The molecule has 0 unspecified atom stereocenters. The highest BCUT2D eigenvalue weighted by Gasteiger charge is 2.17. The number of carbonyl (C=O) groups is 1. The summed E-state index contributed by atoms with van der Waals surface area (Å²) in [6.07, 6.45) is 3.56. The summed E-state index contributed by atoms with van der Waals surface area (Å²) in [7, 11) is 1.79. The quantitative estimate of drug-likeness (QED) is 0.787. The van der Waals surface area contributed by atoms with Crippen molar-refractivity contribution in [2.75, 3.05) is 13.1 Å². The van der Waals surface area contributed by atoms with Gasteiger partial charge in [0.1, 0.15) is 5.56 Å². The molecule has 1 heterocycles. The van der Waals surface area contributed by atoms with Gasteiger partial charge in [0.05, 0.1) is 11.9 Å². The molecule has 0 saturated carbocycles. The standard InChI is InChI=1S/C12H21N3O2/c1-4-6-15(7-5-2)9-11-10(12(16)17)8-13-14(11)3/h8H,4-7,9H2,1-3H3,(H,16,17). The van der Waals surface area contributed by atoms with Crippen molar-refractivity contribution >= 4 is 5.97 Å². The van der Waals surface area contributed by atoms with Crippen LogP contribution >= 0.6 is 0 Å². The summed E-state index contributed by atoms with van der Waals surface area (Å²) in [5, 5.41) is 13.1. The van der Waals surface area contributed by atoms with Crippen LogP contribution in [0, 0.1) is 0 Å². The Hall–Kier alpha value is -1.36. The van der Waals surface area contributed by atoms with E-state index in [0.29, 0.717) is 12.1 Å². The monoisotopic (exact) mass is 239 g/mol. The van der Waals surface area contributed by atoms with Crippen molar-refractivity contribution in [3.05, 3.63) is 17.5 Å². The fraction of sp³-hybridized carbons (Fsp3) is 0.667. The normalized spacial score (nSPS) is 11.1. The van der Waals surface area contributed by atoms with E-state index in [2.05, 4.69) is 23.8 Å². The molecule has 0 amide bonds. The maximum atomic E-state index is 11.1. The number of aromatic nitrogens is 2. The highest BCUT2D eigenvalue weighted by molar-refractivity contribution is 5.88. The van der Waals surface area contributed by atoms with Crippen LogP contribution in [0.3, 0.4) is 0 Å². The minimum Gasteiger partial charge on any atom is -0.478 e. The van der Waals surface area contributed by atoms with Gasteiger partial charge in [-0.3, -0.25) is 9.58 Å². The average Bonchev–Trinajstić information content (AvgIpc) is 2.61. The van der Waals surface area contributed by atoms with Crippen molar-refractivity contribution in [2.45, 2.75) is 33.2 Å². The van der Waals surface area contributed by atoms with E-state index in [9.17, 15) is 4.79 Å². The Kier molecular flexibility index (Phi) is 5.15. The predicted octanol–water partition coefficient (Wildman–Crippen LogP) is 1.74. The third-order valence-corrected chi connectivity index (χ3v) is 2.75. The van der Waals surface area contributed by atoms with Crippen LogP contribution in [-0.4, -0.2) is 38.8 Å². The number of aromatic carboxylic acids is 1. The van der Waals surface area contributed by atoms with Gasteiger partial charge in [0.15, 0.2) is 0 Å². The van der Waals surface area contributed by atoms with Crippen molar-refractivity contribution in [1.29, 1.82) is 0 Å². The average molecular weight is 239 g/mol. The molecular formula is C12H21N3O2. The van der Waals surface area contributed by atoms with Crippen molar-refractivity contribution in [1.82, 2.24) is 14.7 Å². The molecule has 0 aromatic carbocycles. The molecule has 5 heteroatoms. The number of aryl methyl sites for hydroxylation is 1. The van der Waals surface area contributed by atoms with Gasteiger partial charge >= 0.3 is 5.97 Å². The van der Waals surface area contributed by atoms with Gasteiger partial charge in [-0.15, -0.1) is 0 Å². The van der Waals surface area contributed by atoms with E-state index in [1.165, 1.54) is 6.20 Å². The van der Waals surface area contributed by atoms with Gasteiger partial charge in [-0.25, -0.2) is 4.79 Å². The molecule has 0 aliphatic rings. The highest BCUT2D eigenvalue weighted by atomic mass is 16.4. The molecule has 0 spiro atoms. The van der Waals surface area contributed by atoms with Crippen LogP contribution in [-0.2, 0) is 13.6 Å². The second kappa shape index (κ2) is 6.39. The topological polar surface area (TPSA) is 58.4 Å². The van der Waals surface area contributed by atoms with Crippen LogP contribution in [0.4, 0.5) is 0 Å². The second-order valence-corrected chi connectivity index (χ2v) is 4.21. The second-order valence-electron chi connectivity index (χ2n) is 4.21. The molecule has 17 heavy (non-hydrogen) atoms. The summed E-state index contributed by atoms with van der Waals surface area (Å²) in [6, 6.07) is 0. The lowest BCUT2D eigenvalue weighted by molar-refractivity contribution is 0.0694. The SMILES string of the molecule is CCCN(CCC)Cc1c(C(=O)O)cnn1C. The zero-order chi connectivity index (χ0) is 12.8. The summed E-state index contributed by atoms with van der Waals surface area (Å²) in [4.78, 5) is 13.3. The van der Waals surface area contributed by atoms with E-state index in [4.69, 9.17) is 5.11 Å². The molecule has 0 atom stereocenters. The Morgan fingerprint density at radius 1 is 1.41 bits per heavy atom. The first-order valence-corrected chi connectivity index (χ1v) is 6.06. The lowest BCUT2D eigenvalue weighted by atomic mass is 10.2. The molecule has 0 bridgehead atoms. The number of carboxylic acids is 1. The van der Waals surface area contributed by atoms with E-state index in [0.717, 1.165) is 31.6 Å². The van der Waals surface area contributed by atoms with Crippen LogP contribution in [0.2, 0.25) is 0 Å². The smallest absolute Gasteiger partial charge is 0.339 e. The number of hydrogen-bond acceptors (Lipinski definition) is 3. The molecule has 1 rings (SSSR count). The molecule has 0 fully saturated rings. The Morgan fingerprint density at radius 3 is 2.47 bits per heavy atom. The van der Waals surface area contributed by atoms with Crippen LogP contribution in [0.5, 0.6) is 0 Å². The van der Waals surface area contributed by atoms with Crippen molar-refractivity contribution < 1.29 is 9.90 Å². The third kappa shape index (κ3) is 3.56. The molecule has 96 valence electrons.